The third kappa shape index (κ3) is 4.45. The summed E-state index contributed by atoms with van der Waals surface area (Å²) in [5.74, 6) is 0. The average Bonchev–Trinajstić information content (AvgIpc) is 3.03. The summed E-state index contributed by atoms with van der Waals surface area (Å²) in [6.45, 7) is 2.10. The molecule has 3 aromatic rings. The number of aryl methyl sites for hydroxylation is 1. The van der Waals surface area contributed by atoms with E-state index in [0.717, 1.165) is 15.5 Å². The van der Waals surface area contributed by atoms with Crippen LogP contribution in [0.5, 0.6) is 0 Å². The van der Waals surface area contributed by atoms with Gasteiger partial charge in [0.1, 0.15) is 0 Å². The summed E-state index contributed by atoms with van der Waals surface area (Å²) >= 11 is 0.624. The Kier molecular flexibility index (Phi) is 5.40. The maximum absolute atomic E-state index is 11.3. The van der Waals surface area contributed by atoms with Crippen molar-refractivity contribution in [3.05, 3.63) is 64.7 Å². The number of aromatic nitrogens is 1. The van der Waals surface area contributed by atoms with Gasteiger partial charge in [0.05, 0.1) is 0 Å². The van der Waals surface area contributed by atoms with Gasteiger partial charge in [0.2, 0.25) is 0 Å². The maximum atomic E-state index is 11.3. The molecule has 4 nitrogen and oxygen atoms in total. The van der Waals surface area contributed by atoms with E-state index in [1.807, 2.05) is 6.20 Å². The predicted molar refractivity (Wildman–Crippen MR) is 98.3 cm³/mol. The van der Waals surface area contributed by atoms with Gasteiger partial charge in [-0.2, -0.15) is 0 Å². The molecule has 0 amide bonds. The zero-order valence-corrected chi connectivity index (χ0v) is 17.2. The van der Waals surface area contributed by atoms with Gasteiger partial charge in [-0.25, -0.2) is 0 Å². The van der Waals surface area contributed by atoms with Crippen LogP contribution in [0.15, 0.2) is 59.6 Å². The Morgan fingerprint density at radius 3 is 2.38 bits per heavy atom. The van der Waals surface area contributed by atoms with Gasteiger partial charge < -0.3 is 0 Å². The van der Waals surface area contributed by atoms with Gasteiger partial charge in [-0.1, -0.05) is 0 Å². The molecule has 1 aromatic heterocycles. The van der Waals surface area contributed by atoms with Gasteiger partial charge in [0.25, 0.3) is 0 Å². The fraction of sp³-hybridized carbons (Fsp3) is 0.118. The first-order valence-corrected chi connectivity index (χ1v) is 12.5. The number of sulfonamides is 1. The Bertz CT molecular complexity index is 933. The minimum absolute atomic E-state index is 0.133. The van der Waals surface area contributed by atoms with Crippen LogP contribution in [-0.4, -0.2) is 42.9 Å². The molecule has 0 aliphatic rings. The van der Waals surface area contributed by atoms with Crippen molar-refractivity contribution < 1.29 is 8.42 Å². The molecule has 0 atom stereocenters. The van der Waals surface area contributed by atoms with Crippen molar-refractivity contribution >= 4 is 43.9 Å². The average molecular weight is 470 g/mol. The SMILES string of the molecule is Cc1ccc([Se]Cc2cnc(-c3ccc(S(N)(=O)=O)cc3)[se]2)cc1. The van der Waals surface area contributed by atoms with Gasteiger partial charge in [0, 0.05) is 0 Å². The minimum atomic E-state index is -3.64. The number of nitrogens with two attached hydrogens (primary N) is 1. The van der Waals surface area contributed by atoms with E-state index in [1.165, 1.54) is 26.6 Å². The first-order chi connectivity index (χ1) is 11.4. The number of benzene rings is 2. The molecule has 0 aliphatic carbocycles. The summed E-state index contributed by atoms with van der Waals surface area (Å²) in [6.07, 6.45) is 1.97. The molecule has 0 fully saturated rings. The normalized spacial score (nSPS) is 11.6. The second-order valence-electron chi connectivity index (χ2n) is 5.30. The van der Waals surface area contributed by atoms with Crippen LogP contribution in [0.1, 0.15) is 10.0 Å². The third-order valence-corrected chi connectivity index (χ3v) is 9.66. The van der Waals surface area contributed by atoms with E-state index in [0.29, 0.717) is 15.0 Å². The van der Waals surface area contributed by atoms with Crippen molar-refractivity contribution in [2.75, 3.05) is 0 Å². The van der Waals surface area contributed by atoms with E-state index in [-0.39, 0.29) is 19.4 Å². The molecule has 7 heteroatoms. The van der Waals surface area contributed by atoms with E-state index in [1.54, 1.807) is 12.1 Å². The number of hydrogen-bond acceptors (Lipinski definition) is 3. The topological polar surface area (TPSA) is 73.0 Å². The van der Waals surface area contributed by atoms with Crippen LogP contribution in [0, 0.1) is 6.92 Å². The summed E-state index contributed by atoms with van der Waals surface area (Å²) in [5.41, 5.74) is 2.25. The summed E-state index contributed by atoms with van der Waals surface area (Å²) in [5, 5.41) is 6.19. The Morgan fingerprint density at radius 1 is 1.08 bits per heavy atom. The second-order valence-corrected chi connectivity index (χ2v) is 11.4. The molecule has 24 heavy (non-hydrogen) atoms. The molecule has 0 saturated heterocycles. The van der Waals surface area contributed by atoms with Crippen molar-refractivity contribution in [1.82, 2.24) is 4.98 Å². The Labute approximate surface area is 154 Å². The summed E-state index contributed by atoms with van der Waals surface area (Å²) < 4.78 is 26.4. The number of hydrogen-bond donors (Lipinski definition) is 1. The first kappa shape index (κ1) is 17.6. The molecule has 0 radical (unpaired) electrons. The van der Waals surface area contributed by atoms with Gasteiger partial charge in [-0.15, -0.1) is 0 Å². The molecule has 1 heterocycles. The van der Waals surface area contributed by atoms with Crippen molar-refractivity contribution in [3.63, 3.8) is 0 Å². The quantitative estimate of drug-likeness (QED) is 0.572. The molecule has 124 valence electrons. The van der Waals surface area contributed by atoms with E-state index in [2.05, 4.69) is 36.2 Å². The molecule has 2 N–H and O–H groups in total. The van der Waals surface area contributed by atoms with Crippen LogP contribution >= 0.6 is 0 Å². The standard InChI is InChI=1S/C17H16N2O2SSe2/c1-12-2-8-15(9-3-12)23-11-16-10-19-17(24-16)13-4-6-14(7-5-13)22(18,20)21/h2-10H,11H2,1H3,(H2,18,20,21). The molecule has 3 rings (SSSR count). The summed E-state index contributed by atoms with van der Waals surface area (Å²) in [7, 11) is -3.64. The monoisotopic (exact) mass is 472 g/mol. The molecule has 0 aliphatic heterocycles. The van der Waals surface area contributed by atoms with E-state index in [9.17, 15) is 8.42 Å². The van der Waals surface area contributed by atoms with Gasteiger partial charge in [-0.3, -0.25) is 0 Å². The second kappa shape index (κ2) is 7.36. The van der Waals surface area contributed by atoms with E-state index >= 15 is 0 Å². The molecule has 2 aromatic carbocycles. The predicted octanol–water partition coefficient (Wildman–Crippen LogP) is 1.29. The van der Waals surface area contributed by atoms with Crippen molar-refractivity contribution in [1.29, 1.82) is 0 Å². The molecule has 0 bridgehead atoms. The van der Waals surface area contributed by atoms with Crippen molar-refractivity contribution in [2.45, 2.75) is 17.1 Å². The van der Waals surface area contributed by atoms with Crippen LogP contribution in [0.3, 0.4) is 0 Å². The zero-order valence-electron chi connectivity index (χ0n) is 13.0. The van der Waals surface area contributed by atoms with Gasteiger partial charge in [0.15, 0.2) is 0 Å². The number of nitrogens with zero attached hydrogens (tertiary/aromatic N) is 1. The summed E-state index contributed by atoms with van der Waals surface area (Å²) in [4.78, 5) is 4.65. The van der Waals surface area contributed by atoms with Crippen LogP contribution in [0.25, 0.3) is 10.1 Å². The van der Waals surface area contributed by atoms with Crippen LogP contribution in [0.4, 0.5) is 0 Å². The van der Waals surface area contributed by atoms with Crippen molar-refractivity contribution in [3.8, 4) is 10.1 Å². The zero-order chi connectivity index (χ0) is 17.2. The van der Waals surface area contributed by atoms with Crippen LogP contribution in [0.2, 0.25) is 0 Å². The molecular formula is C17H16N2O2SSe2. The van der Waals surface area contributed by atoms with E-state index < -0.39 is 10.0 Å². The number of rotatable bonds is 5. The van der Waals surface area contributed by atoms with E-state index in [4.69, 9.17) is 5.14 Å². The fourth-order valence-corrected chi connectivity index (χ4v) is 7.00. The Morgan fingerprint density at radius 2 is 1.75 bits per heavy atom. The summed E-state index contributed by atoms with van der Waals surface area (Å²) in [6, 6.07) is 15.3. The van der Waals surface area contributed by atoms with Crippen molar-refractivity contribution in [2.24, 2.45) is 5.14 Å². The first-order valence-electron chi connectivity index (χ1n) is 7.19. The van der Waals surface area contributed by atoms with Gasteiger partial charge >= 0.3 is 154 Å². The van der Waals surface area contributed by atoms with Crippen LogP contribution in [-0.2, 0) is 15.3 Å². The Hall–Kier alpha value is -1.20. The molecule has 0 spiro atoms. The van der Waals surface area contributed by atoms with Gasteiger partial charge in [-0.05, 0) is 0 Å². The molecular weight excluding hydrogens is 454 g/mol. The van der Waals surface area contributed by atoms with Crippen LogP contribution < -0.4 is 9.60 Å². The number of primary sulfonamides is 1. The fourth-order valence-electron chi connectivity index (χ4n) is 2.08. The Balaban J connectivity index is 1.70. The third-order valence-electron chi connectivity index (χ3n) is 3.39. The molecule has 0 unspecified atom stereocenters. The molecule has 0 saturated carbocycles.